The van der Waals surface area contributed by atoms with E-state index in [1.165, 1.54) is 13.2 Å². The molecular formula is C17H19N3O3S. The Balaban J connectivity index is 1.96. The number of nitrogens with one attached hydrogen (secondary N) is 1. The minimum absolute atomic E-state index is 0.102. The Morgan fingerprint density at radius 3 is 2.62 bits per heavy atom. The van der Waals surface area contributed by atoms with Crippen LogP contribution in [0.5, 0.6) is 5.75 Å². The predicted molar refractivity (Wildman–Crippen MR) is 93.9 cm³/mol. The molecule has 1 heterocycles. The third-order valence-electron chi connectivity index (χ3n) is 3.66. The molecule has 24 heavy (non-hydrogen) atoms. The molecule has 3 aromatic rings. The van der Waals surface area contributed by atoms with Crippen LogP contribution in [0, 0.1) is 0 Å². The molecule has 0 saturated heterocycles. The molecule has 1 aromatic heterocycles. The lowest BCUT2D eigenvalue weighted by atomic mass is 10.2. The fourth-order valence-corrected chi connectivity index (χ4v) is 3.64. The zero-order valence-electron chi connectivity index (χ0n) is 13.7. The van der Waals surface area contributed by atoms with Crippen molar-refractivity contribution in [2.24, 2.45) is 0 Å². The van der Waals surface area contributed by atoms with Crippen molar-refractivity contribution < 1.29 is 13.2 Å². The lowest BCUT2D eigenvalue weighted by Crippen LogP contribution is -2.13. The number of aromatic nitrogens is 2. The summed E-state index contributed by atoms with van der Waals surface area (Å²) in [6.07, 6.45) is 1.90. The number of fused-ring (bicyclic) bond motifs is 1. The van der Waals surface area contributed by atoms with Gasteiger partial charge >= 0.3 is 0 Å². The highest BCUT2D eigenvalue weighted by molar-refractivity contribution is 7.92. The van der Waals surface area contributed by atoms with Gasteiger partial charge in [0.05, 0.1) is 12.6 Å². The van der Waals surface area contributed by atoms with E-state index in [-0.39, 0.29) is 10.9 Å². The van der Waals surface area contributed by atoms with Gasteiger partial charge in [-0.05, 0) is 44.2 Å². The smallest absolute Gasteiger partial charge is 0.265 e. The Morgan fingerprint density at radius 1 is 1.17 bits per heavy atom. The fourth-order valence-electron chi connectivity index (χ4n) is 2.42. The molecule has 0 amide bonds. The van der Waals surface area contributed by atoms with Crippen LogP contribution in [0.3, 0.4) is 0 Å². The Kier molecular flexibility index (Phi) is 4.19. The molecule has 126 valence electrons. The molecular weight excluding hydrogens is 326 g/mol. The number of anilines is 1. The second-order valence-corrected chi connectivity index (χ2v) is 7.38. The molecule has 0 spiro atoms. The van der Waals surface area contributed by atoms with Crippen LogP contribution in [0.2, 0.25) is 0 Å². The van der Waals surface area contributed by atoms with Gasteiger partial charge in [-0.3, -0.25) is 9.40 Å². The Labute approximate surface area is 141 Å². The summed E-state index contributed by atoms with van der Waals surface area (Å²) in [5, 5.41) is 5.33. The van der Waals surface area contributed by atoms with E-state index in [0.717, 1.165) is 10.9 Å². The molecule has 0 fully saturated rings. The summed E-state index contributed by atoms with van der Waals surface area (Å²) in [5.41, 5.74) is 1.31. The molecule has 3 rings (SSSR count). The van der Waals surface area contributed by atoms with Gasteiger partial charge in [-0.2, -0.15) is 5.10 Å². The van der Waals surface area contributed by atoms with E-state index in [2.05, 4.69) is 9.82 Å². The molecule has 2 aromatic carbocycles. The second kappa shape index (κ2) is 6.16. The summed E-state index contributed by atoms with van der Waals surface area (Å²) < 4.78 is 34.8. The van der Waals surface area contributed by atoms with Crippen molar-refractivity contribution in [3.63, 3.8) is 0 Å². The molecule has 6 nitrogen and oxygen atoms in total. The zero-order valence-corrected chi connectivity index (χ0v) is 14.5. The number of para-hydroxylation sites is 1. The number of sulfonamides is 1. The molecule has 0 aliphatic rings. The number of hydrogen-bond acceptors (Lipinski definition) is 4. The first kappa shape index (κ1) is 16.3. The van der Waals surface area contributed by atoms with Crippen molar-refractivity contribution in [3.8, 4) is 5.75 Å². The number of benzene rings is 2. The largest absolute Gasteiger partial charge is 0.495 e. The molecule has 0 bridgehead atoms. The van der Waals surface area contributed by atoms with Gasteiger partial charge in [0.1, 0.15) is 10.6 Å². The Hall–Kier alpha value is -2.54. The highest BCUT2D eigenvalue weighted by Gasteiger charge is 2.19. The summed E-state index contributed by atoms with van der Waals surface area (Å²) in [6.45, 7) is 4.08. The van der Waals surface area contributed by atoms with Crippen LogP contribution in [0.1, 0.15) is 19.9 Å². The van der Waals surface area contributed by atoms with Gasteiger partial charge in [0.2, 0.25) is 0 Å². The Bertz CT molecular complexity index is 978. The number of rotatable bonds is 5. The Morgan fingerprint density at radius 2 is 1.92 bits per heavy atom. The van der Waals surface area contributed by atoms with Crippen LogP contribution in [-0.2, 0) is 10.0 Å². The second-order valence-electron chi connectivity index (χ2n) is 5.73. The van der Waals surface area contributed by atoms with E-state index < -0.39 is 10.0 Å². The average Bonchev–Trinajstić information content (AvgIpc) is 2.98. The molecule has 0 unspecified atom stereocenters. The maximum Gasteiger partial charge on any atom is 0.265 e. The third-order valence-corrected chi connectivity index (χ3v) is 5.08. The monoisotopic (exact) mass is 345 g/mol. The lowest BCUT2D eigenvalue weighted by Gasteiger charge is -2.11. The van der Waals surface area contributed by atoms with E-state index in [9.17, 15) is 8.42 Å². The molecule has 1 N–H and O–H groups in total. The lowest BCUT2D eigenvalue weighted by molar-refractivity contribution is 0.403. The normalized spacial score (nSPS) is 11.8. The first-order valence-corrected chi connectivity index (χ1v) is 9.04. The minimum atomic E-state index is -3.74. The molecule has 0 aliphatic heterocycles. The minimum Gasteiger partial charge on any atom is -0.495 e. The average molecular weight is 345 g/mol. The van der Waals surface area contributed by atoms with Crippen molar-refractivity contribution in [1.82, 2.24) is 9.78 Å². The van der Waals surface area contributed by atoms with Crippen LogP contribution < -0.4 is 9.46 Å². The van der Waals surface area contributed by atoms with Gasteiger partial charge in [-0.1, -0.05) is 12.1 Å². The third kappa shape index (κ3) is 3.07. The maximum absolute atomic E-state index is 12.6. The molecule has 0 radical (unpaired) electrons. The number of nitrogens with zero attached hydrogens (tertiary/aromatic N) is 2. The molecule has 0 atom stereocenters. The SMILES string of the molecule is COc1ccccc1S(=O)(=O)Nc1ccc2nn(C(C)C)cc2c1. The van der Waals surface area contributed by atoms with Crippen LogP contribution >= 0.6 is 0 Å². The summed E-state index contributed by atoms with van der Waals surface area (Å²) in [5.74, 6) is 0.304. The van der Waals surface area contributed by atoms with Gasteiger partial charge < -0.3 is 4.74 Å². The van der Waals surface area contributed by atoms with Crippen molar-refractivity contribution >= 4 is 26.6 Å². The summed E-state index contributed by atoms with van der Waals surface area (Å²) >= 11 is 0. The van der Waals surface area contributed by atoms with Gasteiger partial charge in [-0.15, -0.1) is 0 Å². The first-order chi connectivity index (χ1) is 11.4. The van der Waals surface area contributed by atoms with E-state index >= 15 is 0 Å². The highest BCUT2D eigenvalue weighted by Crippen LogP contribution is 2.26. The zero-order chi connectivity index (χ0) is 17.3. The van der Waals surface area contributed by atoms with Gasteiger partial charge in [-0.25, -0.2) is 8.42 Å². The number of methoxy groups -OCH3 is 1. The van der Waals surface area contributed by atoms with Crippen molar-refractivity contribution in [3.05, 3.63) is 48.7 Å². The maximum atomic E-state index is 12.6. The van der Waals surface area contributed by atoms with Crippen LogP contribution in [0.15, 0.2) is 53.6 Å². The van der Waals surface area contributed by atoms with Gasteiger partial charge in [0.25, 0.3) is 10.0 Å². The molecule has 0 aliphatic carbocycles. The van der Waals surface area contributed by atoms with Gasteiger partial charge in [0.15, 0.2) is 0 Å². The van der Waals surface area contributed by atoms with Crippen LogP contribution in [0.25, 0.3) is 10.9 Å². The van der Waals surface area contributed by atoms with Gasteiger partial charge in [0, 0.05) is 23.3 Å². The highest BCUT2D eigenvalue weighted by atomic mass is 32.2. The summed E-state index contributed by atoms with van der Waals surface area (Å²) in [6, 6.07) is 12.0. The molecule has 7 heteroatoms. The quantitative estimate of drug-likeness (QED) is 0.769. The molecule has 0 saturated carbocycles. The topological polar surface area (TPSA) is 73.2 Å². The fraction of sp³-hybridized carbons (Fsp3) is 0.235. The predicted octanol–water partition coefficient (Wildman–Crippen LogP) is 3.43. The van der Waals surface area contributed by atoms with Crippen LogP contribution in [0.4, 0.5) is 5.69 Å². The van der Waals surface area contributed by atoms with Crippen molar-refractivity contribution in [2.75, 3.05) is 11.8 Å². The first-order valence-electron chi connectivity index (χ1n) is 7.55. The van der Waals surface area contributed by atoms with Crippen molar-refractivity contribution in [1.29, 1.82) is 0 Å². The van der Waals surface area contributed by atoms with E-state index in [0.29, 0.717) is 11.4 Å². The van der Waals surface area contributed by atoms with E-state index in [1.807, 2.05) is 24.7 Å². The van der Waals surface area contributed by atoms with E-state index in [4.69, 9.17) is 4.74 Å². The van der Waals surface area contributed by atoms with Crippen molar-refractivity contribution in [2.45, 2.75) is 24.8 Å². The van der Waals surface area contributed by atoms with E-state index in [1.54, 1.807) is 36.4 Å². The summed E-state index contributed by atoms with van der Waals surface area (Å²) in [7, 11) is -2.29. The van der Waals surface area contributed by atoms with Crippen LogP contribution in [-0.4, -0.2) is 25.3 Å². The number of ether oxygens (including phenoxy) is 1. The number of hydrogen-bond donors (Lipinski definition) is 1. The standard InChI is InChI=1S/C17H19N3O3S/c1-12(2)20-11-13-10-14(8-9-15(13)18-20)19-24(21,22)17-7-5-4-6-16(17)23-3/h4-12,19H,1-3H3. The summed E-state index contributed by atoms with van der Waals surface area (Å²) in [4.78, 5) is 0.102.